The van der Waals surface area contributed by atoms with Gasteiger partial charge in [-0.05, 0) is 27.2 Å². The number of hydrogen-bond acceptors (Lipinski definition) is 3. The second kappa shape index (κ2) is 7.33. The van der Waals surface area contributed by atoms with Gasteiger partial charge in [0.2, 0.25) is 0 Å². The monoisotopic (exact) mass is 297 g/mol. The summed E-state index contributed by atoms with van der Waals surface area (Å²) in [4.78, 5) is 0. The molecule has 0 aliphatic carbocycles. The number of anilines is 1. The summed E-state index contributed by atoms with van der Waals surface area (Å²) < 4.78 is 3.97. The van der Waals surface area contributed by atoms with Crippen LogP contribution < -0.4 is 5.32 Å². The molecule has 5 nitrogen and oxygen atoms in total. The first-order valence-electron chi connectivity index (χ1n) is 6.94. The highest BCUT2D eigenvalue weighted by molar-refractivity contribution is 5.85. The van der Waals surface area contributed by atoms with Crippen molar-refractivity contribution in [2.24, 2.45) is 0 Å². The van der Waals surface area contributed by atoms with Gasteiger partial charge >= 0.3 is 0 Å². The number of rotatable bonds is 6. The van der Waals surface area contributed by atoms with Crippen LogP contribution in [0.5, 0.6) is 0 Å². The van der Waals surface area contributed by atoms with E-state index in [0.29, 0.717) is 0 Å². The zero-order valence-electron chi connectivity index (χ0n) is 12.7. The van der Waals surface area contributed by atoms with Crippen LogP contribution in [0.1, 0.15) is 37.2 Å². The minimum Gasteiger partial charge on any atom is -0.378 e. The largest absolute Gasteiger partial charge is 0.378 e. The lowest BCUT2D eigenvalue weighted by molar-refractivity contribution is 0.598. The number of halogens is 1. The van der Waals surface area contributed by atoms with Crippen LogP contribution in [-0.2, 0) is 19.6 Å². The van der Waals surface area contributed by atoms with E-state index in [2.05, 4.69) is 48.7 Å². The molecule has 0 aromatic carbocycles. The predicted molar refractivity (Wildman–Crippen MR) is 84.5 cm³/mol. The summed E-state index contributed by atoms with van der Waals surface area (Å²) in [5.74, 6) is 0. The van der Waals surface area contributed by atoms with Crippen molar-refractivity contribution in [2.75, 3.05) is 5.32 Å². The first-order valence-corrected chi connectivity index (χ1v) is 6.94. The summed E-state index contributed by atoms with van der Waals surface area (Å²) >= 11 is 0. The number of aryl methyl sites for hydroxylation is 4. The van der Waals surface area contributed by atoms with Gasteiger partial charge in [-0.3, -0.25) is 9.36 Å². The molecule has 0 atom stereocenters. The van der Waals surface area contributed by atoms with E-state index in [4.69, 9.17) is 0 Å². The number of nitrogens with zero attached hydrogens (tertiary/aromatic N) is 4. The first kappa shape index (κ1) is 16.6. The molecule has 0 bridgehead atoms. The molecule has 0 spiro atoms. The topological polar surface area (TPSA) is 47.7 Å². The van der Waals surface area contributed by atoms with E-state index in [-0.39, 0.29) is 12.4 Å². The van der Waals surface area contributed by atoms with Crippen molar-refractivity contribution in [3.8, 4) is 0 Å². The highest BCUT2D eigenvalue weighted by atomic mass is 35.5. The van der Waals surface area contributed by atoms with Gasteiger partial charge in [-0.25, -0.2) is 0 Å². The fraction of sp³-hybridized carbons (Fsp3) is 0.571. The van der Waals surface area contributed by atoms with E-state index in [9.17, 15) is 0 Å². The molecule has 2 aromatic rings. The number of hydrogen-bond donors (Lipinski definition) is 1. The Kier molecular flexibility index (Phi) is 6.07. The average molecular weight is 298 g/mol. The average Bonchev–Trinajstić information content (AvgIpc) is 2.91. The van der Waals surface area contributed by atoms with Crippen molar-refractivity contribution in [2.45, 2.75) is 53.8 Å². The molecule has 20 heavy (non-hydrogen) atoms. The van der Waals surface area contributed by atoms with Crippen molar-refractivity contribution in [1.29, 1.82) is 0 Å². The maximum Gasteiger partial charge on any atom is 0.0825 e. The fourth-order valence-corrected chi connectivity index (χ4v) is 2.12. The van der Waals surface area contributed by atoms with E-state index in [0.717, 1.165) is 43.1 Å². The second-order valence-electron chi connectivity index (χ2n) is 4.84. The quantitative estimate of drug-likeness (QED) is 0.891. The molecule has 0 saturated heterocycles. The Bertz CT molecular complexity index is 544. The minimum absolute atomic E-state index is 0. The van der Waals surface area contributed by atoms with Crippen LogP contribution in [0.4, 0.5) is 5.69 Å². The van der Waals surface area contributed by atoms with Crippen LogP contribution in [0, 0.1) is 13.8 Å². The van der Waals surface area contributed by atoms with Gasteiger partial charge in [0.15, 0.2) is 0 Å². The molecule has 0 radical (unpaired) electrons. The zero-order valence-corrected chi connectivity index (χ0v) is 13.5. The van der Waals surface area contributed by atoms with Crippen LogP contribution in [-0.4, -0.2) is 19.6 Å². The Hall–Kier alpha value is -1.49. The SMILES string of the molecule is CCCn1cc(CNc2cn(CC)nc2C)c(C)n1.Cl. The Morgan fingerprint density at radius 1 is 1.05 bits per heavy atom. The Morgan fingerprint density at radius 2 is 1.75 bits per heavy atom. The summed E-state index contributed by atoms with van der Waals surface area (Å²) in [5.41, 5.74) is 4.49. The van der Waals surface area contributed by atoms with Crippen molar-refractivity contribution in [3.05, 3.63) is 29.3 Å². The van der Waals surface area contributed by atoms with Gasteiger partial charge in [0.25, 0.3) is 0 Å². The summed E-state index contributed by atoms with van der Waals surface area (Å²) in [5, 5.41) is 12.4. The molecule has 2 aromatic heterocycles. The molecule has 112 valence electrons. The van der Waals surface area contributed by atoms with E-state index >= 15 is 0 Å². The Morgan fingerprint density at radius 3 is 2.35 bits per heavy atom. The molecule has 0 aliphatic heterocycles. The van der Waals surface area contributed by atoms with Crippen LogP contribution >= 0.6 is 12.4 Å². The Balaban J connectivity index is 0.00000200. The van der Waals surface area contributed by atoms with Gasteiger partial charge in [-0.1, -0.05) is 6.92 Å². The van der Waals surface area contributed by atoms with Gasteiger partial charge in [-0.15, -0.1) is 12.4 Å². The van der Waals surface area contributed by atoms with Crippen molar-refractivity contribution in [1.82, 2.24) is 19.6 Å². The highest BCUT2D eigenvalue weighted by Crippen LogP contribution is 2.15. The van der Waals surface area contributed by atoms with Crippen molar-refractivity contribution < 1.29 is 0 Å². The predicted octanol–water partition coefficient (Wildman–Crippen LogP) is 3.16. The van der Waals surface area contributed by atoms with Crippen LogP contribution in [0.15, 0.2) is 12.4 Å². The second-order valence-corrected chi connectivity index (χ2v) is 4.84. The lowest BCUT2D eigenvalue weighted by Crippen LogP contribution is -2.00. The molecular formula is C14H24ClN5. The summed E-state index contributed by atoms with van der Waals surface area (Å²) in [6.07, 6.45) is 5.29. The van der Waals surface area contributed by atoms with Crippen LogP contribution in [0.2, 0.25) is 0 Å². The number of aromatic nitrogens is 4. The molecule has 2 rings (SSSR count). The molecule has 6 heteroatoms. The third-order valence-corrected chi connectivity index (χ3v) is 3.24. The highest BCUT2D eigenvalue weighted by Gasteiger charge is 2.07. The van der Waals surface area contributed by atoms with E-state index in [1.807, 2.05) is 16.3 Å². The molecule has 1 N–H and O–H groups in total. The van der Waals surface area contributed by atoms with E-state index in [1.165, 1.54) is 5.56 Å². The van der Waals surface area contributed by atoms with Gasteiger partial charge in [0, 0.05) is 37.6 Å². The smallest absolute Gasteiger partial charge is 0.0825 e. The third kappa shape index (κ3) is 3.76. The van der Waals surface area contributed by atoms with Crippen LogP contribution in [0.3, 0.4) is 0 Å². The molecule has 0 unspecified atom stereocenters. The zero-order chi connectivity index (χ0) is 13.8. The molecule has 0 fully saturated rings. The normalized spacial score (nSPS) is 10.4. The maximum atomic E-state index is 4.51. The summed E-state index contributed by atoms with van der Waals surface area (Å²) in [7, 11) is 0. The van der Waals surface area contributed by atoms with Crippen molar-refractivity contribution in [3.63, 3.8) is 0 Å². The number of nitrogens with one attached hydrogen (secondary N) is 1. The standard InChI is InChI=1S/C14H23N5.ClH/c1-5-7-19-9-13(11(3)16-19)8-15-14-10-18(6-2)17-12(14)4;/h9-10,15H,5-8H2,1-4H3;1H. The minimum atomic E-state index is 0. The van der Waals surface area contributed by atoms with E-state index in [1.54, 1.807) is 0 Å². The third-order valence-electron chi connectivity index (χ3n) is 3.24. The molecule has 2 heterocycles. The van der Waals surface area contributed by atoms with Gasteiger partial charge < -0.3 is 5.32 Å². The van der Waals surface area contributed by atoms with Gasteiger partial charge in [0.1, 0.15) is 0 Å². The van der Waals surface area contributed by atoms with Gasteiger partial charge in [-0.2, -0.15) is 10.2 Å². The van der Waals surface area contributed by atoms with E-state index < -0.39 is 0 Å². The van der Waals surface area contributed by atoms with Gasteiger partial charge in [0.05, 0.1) is 17.1 Å². The first-order chi connectivity index (χ1) is 9.13. The summed E-state index contributed by atoms with van der Waals surface area (Å²) in [6.45, 7) is 11.0. The summed E-state index contributed by atoms with van der Waals surface area (Å²) in [6, 6.07) is 0. The lowest BCUT2D eigenvalue weighted by atomic mass is 10.2. The molecular weight excluding hydrogens is 274 g/mol. The maximum absolute atomic E-state index is 4.51. The lowest BCUT2D eigenvalue weighted by Gasteiger charge is -2.03. The van der Waals surface area contributed by atoms with Crippen molar-refractivity contribution >= 4 is 18.1 Å². The fourth-order valence-electron chi connectivity index (χ4n) is 2.12. The van der Waals surface area contributed by atoms with Crippen LogP contribution in [0.25, 0.3) is 0 Å². The molecule has 0 aliphatic rings. The molecule has 0 saturated carbocycles. The molecule has 0 amide bonds. The Labute approximate surface area is 126 Å².